The van der Waals surface area contributed by atoms with Crippen molar-refractivity contribution in [3.8, 4) is 11.5 Å². The van der Waals surface area contributed by atoms with Gasteiger partial charge in [0.2, 0.25) is 0 Å². The molecule has 0 spiro atoms. The number of carboxylic acid groups (broad SMARTS) is 1. The highest BCUT2D eigenvalue weighted by molar-refractivity contribution is 5.87. The van der Waals surface area contributed by atoms with Gasteiger partial charge in [0, 0.05) is 18.0 Å². The molecule has 6 nitrogen and oxygen atoms in total. The number of nitrogens with one attached hydrogen (secondary N) is 1. The van der Waals surface area contributed by atoms with Gasteiger partial charge in [0.05, 0.1) is 17.8 Å². The molecular weight excluding hydrogens is 272 g/mol. The number of fused-ring (bicyclic) bond motifs is 1. The molecule has 1 aromatic carbocycles. The lowest BCUT2D eigenvalue weighted by Gasteiger charge is -2.19. The molecule has 0 bridgehead atoms. The molecule has 2 N–H and O–H groups in total. The minimum absolute atomic E-state index is 0.179. The third kappa shape index (κ3) is 3.05. The second-order valence-electron chi connectivity index (χ2n) is 4.56. The van der Waals surface area contributed by atoms with Gasteiger partial charge in [0.1, 0.15) is 13.2 Å². The van der Waals surface area contributed by atoms with Crippen LogP contribution in [-0.2, 0) is 6.54 Å². The molecule has 3 rings (SSSR count). The van der Waals surface area contributed by atoms with Crippen LogP contribution in [0.5, 0.6) is 11.5 Å². The summed E-state index contributed by atoms with van der Waals surface area (Å²) in [6, 6.07) is 8.86. The van der Waals surface area contributed by atoms with E-state index in [0.717, 1.165) is 22.9 Å². The number of aromatic carboxylic acids is 1. The highest BCUT2D eigenvalue weighted by atomic mass is 16.6. The largest absolute Gasteiger partial charge is 0.486 e. The first-order valence-corrected chi connectivity index (χ1v) is 6.54. The van der Waals surface area contributed by atoms with Crippen molar-refractivity contribution in [3.63, 3.8) is 0 Å². The van der Waals surface area contributed by atoms with Crippen LogP contribution in [0.3, 0.4) is 0 Å². The molecule has 0 atom stereocenters. The van der Waals surface area contributed by atoms with Gasteiger partial charge in [-0.15, -0.1) is 0 Å². The van der Waals surface area contributed by atoms with Crippen molar-refractivity contribution in [3.05, 3.63) is 47.8 Å². The summed E-state index contributed by atoms with van der Waals surface area (Å²) in [4.78, 5) is 14.8. The molecule has 1 aliphatic rings. The summed E-state index contributed by atoms with van der Waals surface area (Å²) in [5.74, 6) is 0.491. The van der Waals surface area contributed by atoms with Crippen LogP contribution >= 0.6 is 0 Å². The molecule has 0 fully saturated rings. The SMILES string of the molecule is O=C(O)c1ccc(CNc2ccc3c(c2)OCCO3)nc1. The van der Waals surface area contributed by atoms with Crippen molar-refractivity contribution in [2.45, 2.75) is 6.54 Å². The first-order chi connectivity index (χ1) is 10.2. The topological polar surface area (TPSA) is 80.7 Å². The summed E-state index contributed by atoms with van der Waals surface area (Å²) >= 11 is 0. The van der Waals surface area contributed by atoms with E-state index in [4.69, 9.17) is 14.6 Å². The van der Waals surface area contributed by atoms with Crippen molar-refractivity contribution in [2.24, 2.45) is 0 Å². The predicted octanol–water partition coefficient (Wildman–Crippen LogP) is 2.16. The normalized spacial score (nSPS) is 12.8. The molecule has 0 aliphatic carbocycles. The van der Waals surface area contributed by atoms with Gasteiger partial charge in [-0.3, -0.25) is 4.98 Å². The highest BCUT2D eigenvalue weighted by Gasteiger charge is 2.11. The van der Waals surface area contributed by atoms with Crippen LogP contribution in [0.2, 0.25) is 0 Å². The Hall–Kier alpha value is -2.76. The highest BCUT2D eigenvalue weighted by Crippen LogP contribution is 2.32. The number of nitrogens with zero attached hydrogens (tertiary/aromatic N) is 1. The van der Waals surface area contributed by atoms with E-state index in [9.17, 15) is 4.79 Å². The number of hydrogen-bond donors (Lipinski definition) is 2. The fraction of sp³-hybridized carbons (Fsp3) is 0.200. The van der Waals surface area contributed by atoms with Gasteiger partial charge in [-0.2, -0.15) is 0 Å². The first-order valence-electron chi connectivity index (χ1n) is 6.54. The number of hydrogen-bond acceptors (Lipinski definition) is 5. The summed E-state index contributed by atoms with van der Waals surface area (Å²) in [7, 11) is 0. The van der Waals surface area contributed by atoms with E-state index in [1.807, 2.05) is 18.2 Å². The van der Waals surface area contributed by atoms with Gasteiger partial charge in [-0.25, -0.2) is 4.79 Å². The standard InChI is InChI=1S/C15H14N2O4/c18-15(19)10-1-2-12(16-8-10)9-17-11-3-4-13-14(7-11)21-6-5-20-13/h1-4,7-8,17H,5-6,9H2,(H,18,19). The van der Waals surface area contributed by atoms with Crippen molar-refractivity contribution >= 4 is 11.7 Å². The number of carboxylic acids is 1. The minimum Gasteiger partial charge on any atom is -0.486 e. The summed E-state index contributed by atoms with van der Waals surface area (Å²) in [6.45, 7) is 1.62. The van der Waals surface area contributed by atoms with E-state index in [1.54, 1.807) is 6.07 Å². The number of carbonyl (C=O) groups is 1. The minimum atomic E-state index is -0.978. The van der Waals surface area contributed by atoms with E-state index in [-0.39, 0.29) is 5.56 Å². The monoisotopic (exact) mass is 286 g/mol. The van der Waals surface area contributed by atoms with Crippen molar-refractivity contribution < 1.29 is 19.4 Å². The molecule has 108 valence electrons. The van der Waals surface area contributed by atoms with Crippen LogP contribution in [0.25, 0.3) is 0 Å². The fourth-order valence-corrected chi connectivity index (χ4v) is 2.00. The lowest BCUT2D eigenvalue weighted by atomic mass is 10.2. The second-order valence-corrected chi connectivity index (χ2v) is 4.56. The molecule has 21 heavy (non-hydrogen) atoms. The average molecular weight is 286 g/mol. The van der Waals surface area contributed by atoms with Crippen LogP contribution in [-0.4, -0.2) is 29.3 Å². The number of ether oxygens (including phenoxy) is 2. The Labute approximate surface area is 121 Å². The van der Waals surface area contributed by atoms with E-state index in [1.165, 1.54) is 12.3 Å². The Morgan fingerprint density at radius 3 is 2.71 bits per heavy atom. The maximum atomic E-state index is 10.7. The Balaban J connectivity index is 1.65. The van der Waals surface area contributed by atoms with Gasteiger partial charge in [0.15, 0.2) is 11.5 Å². The summed E-state index contributed by atoms with van der Waals surface area (Å²) in [5.41, 5.74) is 1.83. The van der Waals surface area contributed by atoms with Crippen molar-refractivity contribution in [1.29, 1.82) is 0 Å². The molecule has 0 amide bonds. The molecule has 0 saturated carbocycles. The van der Waals surface area contributed by atoms with E-state index >= 15 is 0 Å². The van der Waals surface area contributed by atoms with Crippen LogP contribution in [0.15, 0.2) is 36.5 Å². The first kappa shape index (κ1) is 13.2. The van der Waals surface area contributed by atoms with Crippen molar-refractivity contribution in [1.82, 2.24) is 4.98 Å². The number of benzene rings is 1. The molecule has 0 saturated heterocycles. The van der Waals surface area contributed by atoms with Crippen LogP contribution in [0.1, 0.15) is 16.1 Å². The Morgan fingerprint density at radius 1 is 1.19 bits per heavy atom. The molecular formula is C15H14N2O4. The van der Waals surface area contributed by atoms with Gasteiger partial charge >= 0.3 is 5.97 Å². The maximum absolute atomic E-state index is 10.7. The number of anilines is 1. The molecule has 0 radical (unpaired) electrons. The summed E-state index contributed by atoms with van der Waals surface area (Å²) in [6.07, 6.45) is 1.35. The van der Waals surface area contributed by atoms with Crippen molar-refractivity contribution in [2.75, 3.05) is 18.5 Å². The van der Waals surface area contributed by atoms with E-state index in [2.05, 4.69) is 10.3 Å². The molecule has 2 aromatic rings. The molecule has 1 aliphatic heterocycles. The maximum Gasteiger partial charge on any atom is 0.337 e. The third-order valence-electron chi connectivity index (χ3n) is 3.09. The van der Waals surface area contributed by atoms with E-state index < -0.39 is 5.97 Å². The van der Waals surface area contributed by atoms with E-state index in [0.29, 0.717) is 19.8 Å². The van der Waals surface area contributed by atoms with Crippen LogP contribution < -0.4 is 14.8 Å². The molecule has 1 aromatic heterocycles. The smallest absolute Gasteiger partial charge is 0.337 e. The number of pyridine rings is 1. The zero-order valence-electron chi connectivity index (χ0n) is 11.2. The summed E-state index contributed by atoms with van der Waals surface area (Å²) < 4.78 is 11.0. The predicted molar refractivity (Wildman–Crippen MR) is 76.0 cm³/mol. The van der Waals surface area contributed by atoms with Crippen LogP contribution in [0, 0.1) is 0 Å². The zero-order chi connectivity index (χ0) is 14.7. The second kappa shape index (κ2) is 5.70. The fourth-order valence-electron chi connectivity index (χ4n) is 2.00. The molecule has 0 unspecified atom stereocenters. The molecule has 2 heterocycles. The Morgan fingerprint density at radius 2 is 2.00 bits per heavy atom. The third-order valence-corrected chi connectivity index (χ3v) is 3.09. The van der Waals surface area contributed by atoms with Gasteiger partial charge < -0.3 is 19.9 Å². The summed E-state index contributed by atoms with van der Waals surface area (Å²) in [5, 5.41) is 12.0. The lowest BCUT2D eigenvalue weighted by Crippen LogP contribution is -2.15. The average Bonchev–Trinajstić information content (AvgIpc) is 2.53. The lowest BCUT2D eigenvalue weighted by molar-refractivity contribution is 0.0696. The number of rotatable bonds is 4. The number of aromatic nitrogens is 1. The molecule has 6 heteroatoms. The van der Waals surface area contributed by atoms with Gasteiger partial charge in [-0.1, -0.05) is 0 Å². The Bertz CT molecular complexity index is 655. The zero-order valence-corrected chi connectivity index (χ0v) is 11.2. The van der Waals surface area contributed by atoms with Crippen LogP contribution in [0.4, 0.5) is 5.69 Å². The quantitative estimate of drug-likeness (QED) is 0.896. The Kier molecular flexibility index (Phi) is 3.59. The van der Waals surface area contributed by atoms with Gasteiger partial charge in [-0.05, 0) is 24.3 Å². The van der Waals surface area contributed by atoms with Gasteiger partial charge in [0.25, 0.3) is 0 Å².